The molecule has 0 radical (unpaired) electrons. The second kappa shape index (κ2) is 8.11. The molecule has 0 spiro atoms. The number of nitro groups is 1. The van der Waals surface area contributed by atoms with E-state index in [1.807, 2.05) is 37.3 Å². The molecular weight excluding hydrogens is 370 g/mol. The van der Waals surface area contributed by atoms with Crippen molar-refractivity contribution < 1.29 is 9.72 Å². The Bertz CT molecular complexity index is 928. The Kier molecular flexibility index (Phi) is 5.65. The summed E-state index contributed by atoms with van der Waals surface area (Å²) in [5, 5.41) is 15.7. The molecule has 1 atom stereocenters. The van der Waals surface area contributed by atoms with E-state index in [0.717, 1.165) is 4.90 Å². The molecule has 1 unspecified atom stereocenters. The summed E-state index contributed by atoms with van der Waals surface area (Å²) < 4.78 is 0. The highest BCUT2D eigenvalue weighted by atomic mass is 32.2. The Labute approximate surface area is 158 Å². The summed E-state index contributed by atoms with van der Waals surface area (Å²) in [4.78, 5) is 28.2. The highest BCUT2D eigenvalue weighted by Crippen LogP contribution is 2.28. The van der Waals surface area contributed by atoms with Gasteiger partial charge in [-0.15, -0.1) is 23.1 Å². The van der Waals surface area contributed by atoms with E-state index in [2.05, 4.69) is 10.3 Å². The van der Waals surface area contributed by atoms with Crippen molar-refractivity contribution in [3.63, 3.8) is 0 Å². The van der Waals surface area contributed by atoms with Crippen LogP contribution in [-0.2, 0) is 4.79 Å². The maximum atomic E-state index is 12.4. The van der Waals surface area contributed by atoms with Gasteiger partial charge in [0.2, 0.25) is 5.91 Å². The van der Waals surface area contributed by atoms with E-state index < -0.39 is 4.92 Å². The third kappa shape index (κ3) is 4.47. The first-order valence-corrected chi connectivity index (χ1v) is 9.52. The lowest BCUT2D eigenvalue weighted by atomic mass is 10.1. The van der Waals surface area contributed by atoms with Crippen LogP contribution in [0.15, 0.2) is 64.9 Å². The molecule has 1 heterocycles. The molecule has 3 aromatic rings. The van der Waals surface area contributed by atoms with Gasteiger partial charge in [0.25, 0.3) is 5.69 Å². The number of thiazole rings is 1. The number of nitrogens with one attached hydrogen (secondary N) is 1. The fourth-order valence-electron chi connectivity index (χ4n) is 2.21. The number of amides is 1. The second-order valence-electron chi connectivity index (χ2n) is 5.41. The molecule has 0 aliphatic heterocycles. The average Bonchev–Trinajstić information content (AvgIpc) is 3.11. The molecule has 0 fully saturated rings. The zero-order valence-corrected chi connectivity index (χ0v) is 15.4. The van der Waals surface area contributed by atoms with Crippen LogP contribution in [0, 0.1) is 10.1 Å². The van der Waals surface area contributed by atoms with Gasteiger partial charge in [0.05, 0.1) is 15.9 Å². The van der Waals surface area contributed by atoms with Crippen LogP contribution in [0.3, 0.4) is 0 Å². The largest absolute Gasteiger partial charge is 0.301 e. The van der Waals surface area contributed by atoms with Crippen LogP contribution < -0.4 is 5.32 Å². The highest BCUT2D eigenvalue weighted by molar-refractivity contribution is 8.00. The Hall–Kier alpha value is -2.71. The predicted molar refractivity (Wildman–Crippen MR) is 105 cm³/mol. The number of non-ortho nitro benzene ring substituents is 1. The summed E-state index contributed by atoms with van der Waals surface area (Å²) in [5.41, 5.74) is 1.24. The van der Waals surface area contributed by atoms with Crippen molar-refractivity contribution in [2.75, 3.05) is 5.32 Å². The third-order valence-electron chi connectivity index (χ3n) is 3.51. The van der Waals surface area contributed by atoms with Crippen LogP contribution >= 0.6 is 23.1 Å². The Balaban J connectivity index is 1.67. The van der Waals surface area contributed by atoms with Crippen molar-refractivity contribution in [1.82, 2.24) is 4.98 Å². The summed E-state index contributed by atoms with van der Waals surface area (Å²) in [6.07, 6.45) is 0. The smallest absolute Gasteiger partial charge is 0.270 e. The van der Waals surface area contributed by atoms with Crippen molar-refractivity contribution in [1.29, 1.82) is 0 Å². The fourth-order valence-corrected chi connectivity index (χ4v) is 3.82. The first kappa shape index (κ1) is 18.1. The highest BCUT2D eigenvalue weighted by Gasteiger charge is 2.17. The van der Waals surface area contributed by atoms with E-state index >= 15 is 0 Å². The first-order valence-electron chi connectivity index (χ1n) is 7.76. The van der Waals surface area contributed by atoms with Gasteiger partial charge in [0, 0.05) is 28.0 Å². The van der Waals surface area contributed by atoms with Gasteiger partial charge >= 0.3 is 0 Å². The minimum atomic E-state index is -0.443. The lowest BCUT2D eigenvalue weighted by Gasteiger charge is -2.10. The SMILES string of the molecule is CC(Sc1ccccc1)C(=O)Nc1nc(-c2cccc([N+](=O)[O-])c2)cs1. The molecule has 3 rings (SSSR count). The summed E-state index contributed by atoms with van der Waals surface area (Å²) in [7, 11) is 0. The number of benzene rings is 2. The normalized spacial score (nSPS) is 11.7. The van der Waals surface area contributed by atoms with Gasteiger partial charge in [-0.05, 0) is 19.1 Å². The number of carbonyl (C=O) groups excluding carboxylic acids is 1. The van der Waals surface area contributed by atoms with Crippen LogP contribution in [-0.4, -0.2) is 21.1 Å². The van der Waals surface area contributed by atoms with Gasteiger partial charge in [-0.3, -0.25) is 14.9 Å². The number of nitrogens with zero attached hydrogens (tertiary/aromatic N) is 2. The molecule has 0 aliphatic carbocycles. The summed E-state index contributed by atoms with van der Waals surface area (Å²) in [6, 6.07) is 16.0. The second-order valence-corrected chi connectivity index (χ2v) is 7.68. The Morgan fingerprint density at radius 3 is 2.73 bits per heavy atom. The quantitative estimate of drug-likeness (QED) is 0.373. The van der Waals surface area contributed by atoms with Crippen molar-refractivity contribution in [2.24, 2.45) is 0 Å². The number of carbonyl (C=O) groups is 1. The minimum Gasteiger partial charge on any atom is -0.301 e. The molecule has 26 heavy (non-hydrogen) atoms. The van der Waals surface area contributed by atoms with Gasteiger partial charge in [0.1, 0.15) is 0 Å². The van der Waals surface area contributed by atoms with Crippen molar-refractivity contribution >= 4 is 39.8 Å². The molecule has 132 valence electrons. The number of hydrogen-bond donors (Lipinski definition) is 1. The number of rotatable bonds is 6. The minimum absolute atomic E-state index is 0.00830. The van der Waals surface area contributed by atoms with Gasteiger partial charge in [-0.1, -0.05) is 30.3 Å². The molecule has 1 amide bonds. The van der Waals surface area contributed by atoms with E-state index in [9.17, 15) is 14.9 Å². The Morgan fingerprint density at radius 2 is 2.00 bits per heavy atom. The van der Waals surface area contributed by atoms with Gasteiger partial charge in [-0.2, -0.15) is 0 Å². The van der Waals surface area contributed by atoms with E-state index in [1.54, 1.807) is 17.5 Å². The van der Waals surface area contributed by atoms with Crippen LogP contribution in [0.4, 0.5) is 10.8 Å². The predicted octanol–water partition coefficient (Wildman–Crippen LogP) is 4.84. The molecule has 8 heteroatoms. The zero-order valence-electron chi connectivity index (χ0n) is 13.8. The van der Waals surface area contributed by atoms with E-state index in [0.29, 0.717) is 16.4 Å². The first-order chi connectivity index (χ1) is 12.5. The summed E-state index contributed by atoms with van der Waals surface area (Å²) >= 11 is 2.76. The average molecular weight is 385 g/mol. The molecule has 0 bridgehead atoms. The molecule has 1 aromatic heterocycles. The summed E-state index contributed by atoms with van der Waals surface area (Å²) in [6.45, 7) is 1.84. The zero-order chi connectivity index (χ0) is 18.5. The maximum Gasteiger partial charge on any atom is 0.270 e. The van der Waals surface area contributed by atoms with E-state index in [4.69, 9.17) is 0 Å². The molecule has 0 saturated heterocycles. The molecular formula is C18H15N3O3S2. The number of nitro benzene ring substituents is 1. The Morgan fingerprint density at radius 1 is 1.23 bits per heavy atom. The van der Waals surface area contributed by atoms with Crippen LogP contribution in [0.25, 0.3) is 11.3 Å². The van der Waals surface area contributed by atoms with E-state index in [1.165, 1.54) is 35.2 Å². The fraction of sp³-hybridized carbons (Fsp3) is 0.111. The number of anilines is 1. The molecule has 6 nitrogen and oxygen atoms in total. The van der Waals surface area contributed by atoms with Crippen LogP contribution in [0.2, 0.25) is 0 Å². The standard InChI is InChI=1S/C18H15N3O3S2/c1-12(26-15-8-3-2-4-9-15)17(22)20-18-19-16(11-25-18)13-6-5-7-14(10-13)21(23)24/h2-12H,1H3,(H,19,20,22). The summed E-state index contributed by atoms with van der Waals surface area (Å²) in [5.74, 6) is -0.140. The van der Waals surface area contributed by atoms with Crippen molar-refractivity contribution in [2.45, 2.75) is 17.1 Å². The van der Waals surface area contributed by atoms with Crippen LogP contribution in [0.5, 0.6) is 0 Å². The van der Waals surface area contributed by atoms with Crippen molar-refractivity contribution in [3.8, 4) is 11.3 Å². The van der Waals surface area contributed by atoms with Gasteiger partial charge < -0.3 is 5.32 Å². The monoisotopic (exact) mass is 385 g/mol. The lowest BCUT2D eigenvalue weighted by molar-refractivity contribution is -0.384. The number of hydrogen-bond acceptors (Lipinski definition) is 6. The third-order valence-corrected chi connectivity index (χ3v) is 5.38. The van der Waals surface area contributed by atoms with Gasteiger partial charge in [0.15, 0.2) is 5.13 Å². The molecule has 0 aliphatic rings. The number of thioether (sulfide) groups is 1. The van der Waals surface area contributed by atoms with E-state index in [-0.39, 0.29) is 16.8 Å². The number of aromatic nitrogens is 1. The molecule has 2 aromatic carbocycles. The van der Waals surface area contributed by atoms with Crippen molar-refractivity contribution in [3.05, 3.63) is 70.1 Å². The molecule has 0 saturated carbocycles. The lowest BCUT2D eigenvalue weighted by Crippen LogP contribution is -2.22. The maximum absolute atomic E-state index is 12.4. The van der Waals surface area contributed by atoms with Gasteiger partial charge in [-0.25, -0.2) is 4.98 Å². The topological polar surface area (TPSA) is 85.1 Å². The van der Waals surface area contributed by atoms with Crippen LogP contribution in [0.1, 0.15) is 6.92 Å². The molecule has 1 N–H and O–H groups in total.